The molecule has 1 aliphatic heterocycles. The van der Waals surface area contributed by atoms with Crippen molar-refractivity contribution in [1.82, 2.24) is 5.32 Å². The van der Waals surface area contributed by atoms with Crippen molar-refractivity contribution in [3.8, 4) is 0 Å². The number of amides is 1. The third-order valence-corrected chi connectivity index (χ3v) is 4.53. The number of rotatable bonds is 5. The summed E-state index contributed by atoms with van der Waals surface area (Å²) in [6.07, 6.45) is 0.749. The Morgan fingerprint density at radius 3 is 2.79 bits per heavy atom. The molecule has 1 aromatic carbocycles. The number of carbonyl (C=O) groups excluding carboxylic acids is 1. The van der Waals surface area contributed by atoms with Gasteiger partial charge in [-0.2, -0.15) is 0 Å². The van der Waals surface area contributed by atoms with Crippen LogP contribution in [0.15, 0.2) is 35.4 Å². The highest BCUT2D eigenvalue weighted by Gasteiger charge is 2.54. The second kappa shape index (κ2) is 7.09. The standard InChI is InChI=1S/C16H20N4O4/c17-20-19-12-6-7-13(24-14(12)21)16(8-9-16)18-15(22)23-10-11-4-2-1-3-5-11/h1-5,12-14,21H,6-10H2,(H,18,22)/t12-,13+,14?/m1/s1. The Morgan fingerprint density at radius 1 is 1.42 bits per heavy atom. The molecule has 8 heteroatoms. The molecule has 1 saturated carbocycles. The highest BCUT2D eigenvalue weighted by Crippen LogP contribution is 2.44. The van der Waals surface area contributed by atoms with Crippen LogP contribution in [0.2, 0.25) is 0 Å². The summed E-state index contributed by atoms with van der Waals surface area (Å²) in [5.74, 6) is 0. The number of nitrogens with one attached hydrogen (secondary N) is 1. The third kappa shape index (κ3) is 3.79. The molecule has 1 heterocycles. The number of ether oxygens (including phenoxy) is 2. The van der Waals surface area contributed by atoms with E-state index in [0.29, 0.717) is 12.8 Å². The van der Waals surface area contributed by atoms with Gasteiger partial charge in [-0.3, -0.25) is 0 Å². The van der Waals surface area contributed by atoms with Crippen LogP contribution in [0.4, 0.5) is 4.79 Å². The van der Waals surface area contributed by atoms with Gasteiger partial charge in [-0.1, -0.05) is 35.4 Å². The lowest BCUT2D eigenvalue weighted by Gasteiger charge is -2.36. The zero-order valence-corrected chi connectivity index (χ0v) is 13.2. The zero-order valence-electron chi connectivity index (χ0n) is 13.2. The molecule has 2 fully saturated rings. The Balaban J connectivity index is 1.51. The maximum absolute atomic E-state index is 12.0. The van der Waals surface area contributed by atoms with E-state index in [1.807, 2.05) is 30.3 Å². The molecule has 1 amide bonds. The lowest BCUT2D eigenvalue weighted by Crippen LogP contribution is -2.52. The van der Waals surface area contributed by atoms with E-state index < -0.39 is 24.0 Å². The van der Waals surface area contributed by atoms with Crippen molar-refractivity contribution in [2.24, 2.45) is 5.11 Å². The van der Waals surface area contributed by atoms with E-state index in [0.717, 1.165) is 18.4 Å². The molecular weight excluding hydrogens is 312 g/mol. The highest BCUT2D eigenvalue weighted by atomic mass is 16.6. The van der Waals surface area contributed by atoms with Crippen LogP contribution in [0.25, 0.3) is 10.4 Å². The zero-order chi connectivity index (χ0) is 17.0. The maximum Gasteiger partial charge on any atom is 0.407 e. The minimum absolute atomic E-state index is 0.204. The Bertz CT molecular complexity index is 628. The molecular formula is C16H20N4O4. The number of alkyl carbamates (subject to hydrolysis) is 1. The van der Waals surface area contributed by atoms with Gasteiger partial charge in [0, 0.05) is 4.91 Å². The molecule has 0 radical (unpaired) electrons. The molecule has 2 N–H and O–H groups in total. The summed E-state index contributed by atoms with van der Waals surface area (Å²) in [6.45, 7) is 0.204. The van der Waals surface area contributed by atoms with Crippen molar-refractivity contribution >= 4 is 6.09 Å². The van der Waals surface area contributed by atoms with Crippen molar-refractivity contribution in [3.05, 3.63) is 46.3 Å². The summed E-state index contributed by atoms with van der Waals surface area (Å²) in [6, 6.07) is 8.87. The molecule has 8 nitrogen and oxygen atoms in total. The van der Waals surface area contributed by atoms with Crippen LogP contribution in [0.1, 0.15) is 31.2 Å². The van der Waals surface area contributed by atoms with Crippen molar-refractivity contribution in [1.29, 1.82) is 0 Å². The van der Waals surface area contributed by atoms with Gasteiger partial charge in [0.05, 0.1) is 17.7 Å². The molecule has 0 spiro atoms. The van der Waals surface area contributed by atoms with E-state index in [-0.39, 0.29) is 12.7 Å². The van der Waals surface area contributed by atoms with E-state index in [2.05, 4.69) is 15.3 Å². The summed E-state index contributed by atoms with van der Waals surface area (Å²) >= 11 is 0. The summed E-state index contributed by atoms with van der Waals surface area (Å²) in [7, 11) is 0. The lowest BCUT2D eigenvalue weighted by molar-refractivity contribution is -0.182. The van der Waals surface area contributed by atoms with Gasteiger partial charge in [-0.05, 0) is 36.8 Å². The molecule has 3 rings (SSSR count). The normalized spacial score (nSPS) is 27.6. The summed E-state index contributed by atoms with van der Waals surface area (Å²) < 4.78 is 10.8. The van der Waals surface area contributed by atoms with Gasteiger partial charge >= 0.3 is 6.09 Å². The van der Waals surface area contributed by atoms with Gasteiger partial charge in [0.25, 0.3) is 0 Å². The number of benzene rings is 1. The topological polar surface area (TPSA) is 117 Å². The highest BCUT2D eigenvalue weighted by molar-refractivity contribution is 5.69. The van der Waals surface area contributed by atoms with Gasteiger partial charge in [0.1, 0.15) is 6.61 Å². The fourth-order valence-corrected chi connectivity index (χ4v) is 3.00. The second-order valence-corrected chi connectivity index (χ2v) is 6.21. The monoisotopic (exact) mass is 332 g/mol. The Kier molecular flexibility index (Phi) is 4.89. The van der Waals surface area contributed by atoms with Crippen molar-refractivity contribution in [3.63, 3.8) is 0 Å². The lowest BCUT2D eigenvalue weighted by atomic mass is 9.97. The second-order valence-electron chi connectivity index (χ2n) is 6.21. The minimum Gasteiger partial charge on any atom is -0.445 e. The van der Waals surface area contributed by atoms with Crippen LogP contribution in [0, 0.1) is 0 Å². The Morgan fingerprint density at radius 2 is 2.17 bits per heavy atom. The molecule has 3 atom stereocenters. The third-order valence-electron chi connectivity index (χ3n) is 4.53. The van der Waals surface area contributed by atoms with Crippen LogP contribution in [0.3, 0.4) is 0 Å². The van der Waals surface area contributed by atoms with Crippen LogP contribution < -0.4 is 5.32 Å². The molecule has 1 aromatic rings. The first-order valence-corrected chi connectivity index (χ1v) is 7.99. The van der Waals surface area contributed by atoms with E-state index in [4.69, 9.17) is 15.0 Å². The van der Waals surface area contributed by atoms with Crippen LogP contribution in [-0.2, 0) is 16.1 Å². The minimum atomic E-state index is -1.14. The predicted octanol–water partition coefficient (Wildman–Crippen LogP) is 2.62. The fraction of sp³-hybridized carbons (Fsp3) is 0.562. The first-order valence-electron chi connectivity index (χ1n) is 7.99. The number of carbonyl (C=O) groups is 1. The van der Waals surface area contributed by atoms with E-state index in [1.54, 1.807) is 0 Å². The Hall–Kier alpha value is -2.28. The van der Waals surface area contributed by atoms with Gasteiger partial charge in [-0.15, -0.1) is 0 Å². The van der Waals surface area contributed by atoms with Gasteiger partial charge < -0.3 is 19.9 Å². The molecule has 1 unspecified atom stereocenters. The van der Waals surface area contributed by atoms with Crippen molar-refractivity contribution in [2.45, 2.75) is 56.3 Å². The summed E-state index contributed by atoms with van der Waals surface area (Å²) in [4.78, 5) is 14.8. The fourth-order valence-electron chi connectivity index (χ4n) is 3.00. The van der Waals surface area contributed by atoms with E-state index >= 15 is 0 Å². The quantitative estimate of drug-likeness (QED) is 0.489. The van der Waals surface area contributed by atoms with Crippen molar-refractivity contribution in [2.75, 3.05) is 0 Å². The first kappa shape index (κ1) is 16.6. The van der Waals surface area contributed by atoms with Gasteiger partial charge in [0.15, 0.2) is 6.29 Å². The molecule has 0 aromatic heterocycles. The maximum atomic E-state index is 12.0. The number of azide groups is 1. The number of aliphatic hydroxyl groups excluding tert-OH is 1. The molecule has 2 aliphatic rings. The first-order chi connectivity index (χ1) is 11.6. The molecule has 1 aliphatic carbocycles. The average molecular weight is 332 g/mol. The summed E-state index contributed by atoms with van der Waals surface area (Å²) in [5, 5.41) is 16.3. The van der Waals surface area contributed by atoms with Crippen LogP contribution in [-0.4, -0.2) is 35.2 Å². The molecule has 0 bridgehead atoms. The van der Waals surface area contributed by atoms with E-state index in [9.17, 15) is 9.90 Å². The SMILES string of the molecule is [N-]=[N+]=N[C@@H]1CC[C@@H](C2(NC(=O)OCc3ccccc3)CC2)OC1O. The van der Waals surface area contributed by atoms with E-state index in [1.165, 1.54) is 0 Å². The Labute approximate surface area is 139 Å². The van der Waals surface area contributed by atoms with Crippen LogP contribution >= 0.6 is 0 Å². The number of nitrogens with zero attached hydrogens (tertiary/aromatic N) is 3. The molecule has 24 heavy (non-hydrogen) atoms. The largest absolute Gasteiger partial charge is 0.445 e. The predicted molar refractivity (Wildman–Crippen MR) is 84.8 cm³/mol. The van der Waals surface area contributed by atoms with Gasteiger partial charge in [0.2, 0.25) is 0 Å². The summed E-state index contributed by atoms with van der Waals surface area (Å²) in [5.41, 5.74) is 8.89. The molecule has 128 valence electrons. The average Bonchev–Trinajstić information content (AvgIpc) is 3.36. The molecule has 1 saturated heterocycles. The number of aliphatic hydroxyl groups is 1. The smallest absolute Gasteiger partial charge is 0.407 e. The van der Waals surface area contributed by atoms with Gasteiger partial charge in [-0.25, -0.2) is 4.79 Å². The number of hydrogen-bond acceptors (Lipinski definition) is 5. The van der Waals surface area contributed by atoms with Crippen LogP contribution in [0.5, 0.6) is 0 Å². The van der Waals surface area contributed by atoms with Crippen molar-refractivity contribution < 1.29 is 19.4 Å². The number of hydrogen-bond donors (Lipinski definition) is 2.